The number of imide groups is 2. The van der Waals surface area contributed by atoms with Crippen LogP contribution < -0.4 is 4.90 Å². The summed E-state index contributed by atoms with van der Waals surface area (Å²) in [5.74, 6) is -3.46. The van der Waals surface area contributed by atoms with Gasteiger partial charge in [0.1, 0.15) is 5.75 Å². The van der Waals surface area contributed by atoms with Gasteiger partial charge < -0.3 is 5.11 Å². The Morgan fingerprint density at radius 1 is 0.902 bits per heavy atom. The average molecular weight is 618 g/mol. The van der Waals surface area contributed by atoms with Gasteiger partial charge in [-0.3, -0.25) is 24.1 Å². The van der Waals surface area contributed by atoms with Gasteiger partial charge >= 0.3 is 0 Å². The monoisotopic (exact) mass is 616 g/mol. The topological polar surface area (TPSA) is 95.0 Å². The molecule has 4 amide bonds. The van der Waals surface area contributed by atoms with Gasteiger partial charge in [-0.2, -0.15) is 0 Å². The van der Waals surface area contributed by atoms with Crippen LogP contribution in [0.2, 0.25) is 0 Å². The molecule has 7 nitrogen and oxygen atoms in total. The molecule has 0 bridgehead atoms. The number of hydrogen-bond donors (Lipinski definition) is 1. The van der Waals surface area contributed by atoms with Gasteiger partial charge in [0.05, 0.1) is 28.9 Å². The van der Waals surface area contributed by atoms with Crippen LogP contribution in [0.4, 0.5) is 5.69 Å². The summed E-state index contributed by atoms with van der Waals surface area (Å²) in [6, 6.07) is 14.0. The quantitative estimate of drug-likeness (QED) is 0.352. The molecule has 5 aliphatic rings. The highest BCUT2D eigenvalue weighted by Gasteiger charge is 2.68. The number of amides is 4. The highest BCUT2D eigenvalue weighted by atomic mass is 79.9. The third-order valence-corrected chi connectivity index (χ3v) is 11.1. The Labute approximate surface area is 247 Å². The Morgan fingerprint density at radius 2 is 1.63 bits per heavy atom. The predicted molar refractivity (Wildman–Crippen MR) is 156 cm³/mol. The smallest absolute Gasteiger partial charge is 0.241 e. The molecule has 3 aliphatic carbocycles. The zero-order valence-electron chi connectivity index (χ0n) is 23.0. The number of aromatic hydroxyl groups is 1. The molecular formula is C33H33BrN2O5. The molecule has 2 aromatic rings. The molecule has 7 rings (SSSR count). The van der Waals surface area contributed by atoms with E-state index in [1.54, 1.807) is 41.3 Å². The van der Waals surface area contributed by atoms with E-state index < -0.39 is 29.1 Å². The number of benzene rings is 2. The van der Waals surface area contributed by atoms with Gasteiger partial charge in [0.15, 0.2) is 0 Å². The number of carbonyl (C=O) groups is 4. The summed E-state index contributed by atoms with van der Waals surface area (Å²) in [6.45, 7) is 1.84. The molecule has 0 radical (unpaired) electrons. The molecule has 2 saturated carbocycles. The Kier molecular flexibility index (Phi) is 6.27. The zero-order chi connectivity index (χ0) is 28.6. The van der Waals surface area contributed by atoms with Crippen molar-refractivity contribution in [3.63, 3.8) is 0 Å². The molecule has 0 spiro atoms. The van der Waals surface area contributed by atoms with Crippen molar-refractivity contribution in [2.45, 2.75) is 63.8 Å². The molecule has 0 aromatic heterocycles. The Bertz CT molecular complexity index is 1500. The molecule has 6 unspecified atom stereocenters. The molecule has 2 aliphatic heterocycles. The fourth-order valence-electron chi connectivity index (χ4n) is 8.66. The zero-order valence-corrected chi connectivity index (χ0v) is 24.5. The van der Waals surface area contributed by atoms with E-state index in [2.05, 4.69) is 15.9 Å². The Morgan fingerprint density at radius 3 is 2.37 bits per heavy atom. The summed E-state index contributed by atoms with van der Waals surface area (Å²) in [6.07, 6.45) is 7.62. The van der Waals surface area contributed by atoms with Crippen molar-refractivity contribution in [3.05, 3.63) is 70.2 Å². The number of anilines is 1. The van der Waals surface area contributed by atoms with Gasteiger partial charge in [0.2, 0.25) is 23.6 Å². The molecule has 8 heteroatoms. The van der Waals surface area contributed by atoms with Crippen LogP contribution in [-0.2, 0) is 19.2 Å². The molecule has 2 heterocycles. The van der Waals surface area contributed by atoms with Gasteiger partial charge in [-0.05, 0) is 68.9 Å². The fourth-order valence-corrected chi connectivity index (χ4v) is 9.04. The minimum absolute atomic E-state index is 0.0397. The number of para-hydroxylation sites is 1. The Hall–Kier alpha value is -3.26. The van der Waals surface area contributed by atoms with Gasteiger partial charge in [0, 0.05) is 22.0 Å². The van der Waals surface area contributed by atoms with Crippen LogP contribution >= 0.6 is 15.9 Å². The van der Waals surface area contributed by atoms with Crippen molar-refractivity contribution < 1.29 is 24.3 Å². The summed E-state index contributed by atoms with van der Waals surface area (Å²) < 4.78 is 0.745. The van der Waals surface area contributed by atoms with Crippen LogP contribution in [0.5, 0.6) is 5.75 Å². The number of phenolic OH excluding ortho intramolecular Hbond substituents is 1. The predicted octanol–water partition coefficient (Wildman–Crippen LogP) is 5.72. The first-order valence-electron chi connectivity index (χ1n) is 14.7. The van der Waals surface area contributed by atoms with E-state index in [9.17, 15) is 24.3 Å². The van der Waals surface area contributed by atoms with Crippen molar-refractivity contribution >= 4 is 45.2 Å². The lowest BCUT2D eigenvalue weighted by Crippen LogP contribution is -2.49. The summed E-state index contributed by atoms with van der Waals surface area (Å²) >= 11 is 3.53. The first-order chi connectivity index (χ1) is 19.7. The van der Waals surface area contributed by atoms with Gasteiger partial charge in [0.25, 0.3) is 0 Å². The van der Waals surface area contributed by atoms with Crippen molar-refractivity contribution in [1.29, 1.82) is 0 Å². The maximum absolute atomic E-state index is 14.4. The van der Waals surface area contributed by atoms with E-state index in [4.69, 9.17) is 0 Å². The van der Waals surface area contributed by atoms with Crippen molar-refractivity contribution in [2.75, 3.05) is 4.90 Å². The van der Waals surface area contributed by atoms with Crippen LogP contribution in [0.15, 0.2) is 64.7 Å². The number of allylic oxidation sites excluding steroid dienone is 2. The maximum atomic E-state index is 14.4. The summed E-state index contributed by atoms with van der Waals surface area (Å²) in [7, 11) is 0. The van der Waals surface area contributed by atoms with E-state index in [0.29, 0.717) is 24.1 Å². The second kappa shape index (κ2) is 9.65. The number of fused-ring (bicyclic) bond motifs is 4. The van der Waals surface area contributed by atoms with Crippen LogP contribution in [0, 0.1) is 29.1 Å². The summed E-state index contributed by atoms with van der Waals surface area (Å²) in [5, 5.41) is 11.2. The molecule has 212 valence electrons. The average Bonchev–Trinajstić information content (AvgIpc) is 3.35. The van der Waals surface area contributed by atoms with E-state index in [1.807, 2.05) is 25.1 Å². The molecule has 6 atom stereocenters. The van der Waals surface area contributed by atoms with Crippen molar-refractivity contribution in [3.8, 4) is 5.75 Å². The van der Waals surface area contributed by atoms with Crippen LogP contribution in [0.1, 0.15) is 63.4 Å². The molecular weight excluding hydrogens is 584 g/mol. The largest absolute Gasteiger partial charge is 0.508 e. The van der Waals surface area contributed by atoms with E-state index in [0.717, 1.165) is 42.1 Å². The first kappa shape index (κ1) is 26.6. The van der Waals surface area contributed by atoms with Gasteiger partial charge in [-0.1, -0.05) is 65.0 Å². The lowest BCUT2D eigenvalue weighted by Gasteiger charge is -2.49. The third kappa shape index (κ3) is 3.75. The van der Waals surface area contributed by atoms with Crippen LogP contribution in [-0.4, -0.2) is 39.7 Å². The normalized spacial score (nSPS) is 33.5. The second-order valence-corrected chi connectivity index (χ2v) is 13.5. The van der Waals surface area contributed by atoms with Crippen LogP contribution in [0.3, 0.4) is 0 Å². The molecule has 4 fully saturated rings. The maximum Gasteiger partial charge on any atom is 0.241 e. The van der Waals surface area contributed by atoms with Gasteiger partial charge in [-0.25, -0.2) is 4.90 Å². The molecule has 2 saturated heterocycles. The SMILES string of the molecule is CC12C(=O)N(c3ccccc3)C(=O)C1CC1C(=CCC3C(=O)N(C4CCCCC4)C(=O)C31)C2c1cc(Br)ccc1O. The standard InChI is InChI=1S/C33H33BrN2O5/c1-33-25(30(39)36(32(33)41)20-10-6-3-7-11-20)17-23-21(28(33)24-16-18(34)12-15-26(24)37)13-14-22-27(23)31(40)35(29(22)38)19-8-4-2-5-9-19/h3,6-7,10-13,15-16,19,22-23,25,27-28,37H,2,4-5,8-9,14,17H2,1H3. The van der Waals surface area contributed by atoms with E-state index >= 15 is 0 Å². The Balaban J connectivity index is 1.36. The highest BCUT2D eigenvalue weighted by molar-refractivity contribution is 9.10. The minimum Gasteiger partial charge on any atom is -0.508 e. The van der Waals surface area contributed by atoms with Crippen molar-refractivity contribution in [2.24, 2.45) is 29.1 Å². The molecule has 2 aromatic carbocycles. The van der Waals surface area contributed by atoms with Gasteiger partial charge in [-0.15, -0.1) is 0 Å². The lowest BCUT2D eigenvalue weighted by atomic mass is 9.51. The lowest BCUT2D eigenvalue weighted by molar-refractivity contribution is -0.144. The number of carbonyl (C=O) groups excluding carboxylic acids is 4. The second-order valence-electron chi connectivity index (χ2n) is 12.5. The van der Waals surface area contributed by atoms with Crippen molar-refractivity contribution in [1.82, 2.24) is 4.90 Å². The number of hydrogen-bond acceptors (Lipinski definition) is 5. The van der Waals surface area contributed by atoms with Crippen LogP contribution in [0.25, 0.3) is 0 Å². The van der Waals surface area contributed by atoms with E-state index in [1.165, 1.54) is 4.90 Å². The number of phenols is 1. The van der Waals surface area contributed by atoms with E-state index in [-0.39, 0.29) is 41.3 Å². The third-order valence-electron chi connectivity index (χ3n) is 10.6. The number of rotatable bonds is 3. The highest BCUT2D eigenvalue weighted by Crippen LogP contribution is 2.64. The number of likely N-dealkylation sites (tertiary alicyclic amines) is 1. The number of nitrogens with zero attached hydrogens (tertiary/aromatic N) is 2. The number of halogens is 1. The minimum atomic E-state index is -1.17. The first-order valence-corrected chi connectivity index (χ1v) is 15.5. The summed E-state index contributed by atoms with van der Waals surface area (Å²) in [4.78, 5) is 59.2. The summed E-state index contributed by atoms with van der Waals surface area (Å²) in [5.41, 5.74) is 0.787. The fraction of sp³-hybridized carbons (Fsp3) is 0.455. The molecule has 1 N–H and O–H groups in total. The molecule has 41 heavy (non-hydrogen) atoms.